The minimum atomic E-state index is -0.160. The summed E-state index contributed by atoms with van der Waals surface area (Å²) < 4.78 is 13.0. The van der Waals surface area contributed by atoms with Crippen molar-refractivity contribution in [2.45, 2.75) is 46.6 Å². The monoisotopic (exact) mass is 454 g/mol. The van der Waals surface area contributed by atoms with E-state index in [9.17, 15) is 9.59 Å². The highest BCUT2D eigenvalue weighted by Crippen LogP contribution is 2.30. The van der Waals surface area contributed by atoms with Crippen molar-refractivity contribution in [3.8, 4) is 0 Å². The first-order chi connectivity index (χ1) is 15.6. The molecule has 2 aromatic heterocycles. The molecule has 4 heterocycles. The molecule has 3 aromatic rings. The fourth-order valence-electron chi connectivity index (χ4n) is 4.97. The van der Waals surface area contributed by atoms with Gasteiger partial charge in [-0.05, 0) is 56.7 Å². The summed E-state index contributed by atoms with van der Waals surface area (Å²) in [4.78, 5) is 31.0. The number of ether oxygens (including phenoxy) is 2. The second-order valence-corrected chi connectivity index (χ2v) is 8.93. The zero-order valence-electron chi connectivity index (χ0n) is 18.7. The Balaban J connectivity index is 0.00000259. The van der Waals surface area contributed by atoms with Crippen LogP contribution in [0.3, 0.4) is 0 Å². The lowest BCUT2D eigenvalue weighted by molar-refractivity contribution is 0.0551. The van der Waals surface area contributed by atoms with Crippen LogP contribution in [0.25, 0.3) is 21.8 Å². The maximum atomic E-state index is 13.4. The Morgan fingerprint density at radius 3 is 2.73 bits per heavy atom. The molecule has 178 valence electrons. The number of pyridine rings is 1. The van der Waals surface area contributed by atoms with E-state index in [4.69, 9.17) is 9.47 Å². The van der Waals surface area contributed by atoms with Crippen LogP contribution in [0, 0.1) is 12.8 Å². The van der Waals surface area contributed by atoms with E-state index in [2.05, 4.69) is 10.1 Å². The van der Waals surface area contributed by atoms with Crippen LogP contribution in [0.1, 0.15) is 55.6 Å². The molecule has 8 heteroatoms. The summed E-state index contributed by atoms with van der Waals surface area (Å²) in [6.07, 6.45) is 4.41. The first-order valence-electron chi connectivity index (χ1n) is 11.6. The van der Waals surface area contributed by atoms with E-state index < -0.39 is 0 Å². The number of aryl methyl sites for hydroxylation is 1. The van der Waals surface area contributed by atoms with Gasteiger partial charge in [0.15, 0.2) is 0 Å². The van der Waals surface area contributed by atoms with Crippen molar-refractivity contribution in [2.24, 2.45) is 5.92 Å². The van der Waals surface area contributed by atoms with Gasteiger partial charge in [-0.15, -0.1) is 0 Å². The number of amides is 1. The number of benzene rings is 1. The zero-order valence-corrected chi connectivity index (χ0v) is 18.7. The summed E-state index contributed by atoms with van der Waals surface area (Å²) in [7, 11) is 0. The van der Waals surface area contributed by atoms with E-state index in [0.717, 1.165) is 67.5 Å². The number of aromatic nitrogens is 3. The van der Waals surface area contributed by atoms with Crippen molar-refractivity contribution in [3.63, 3.8) is 0 Å². The van der Waals surface area contributed by atoms with Crippen LogP contribution in [-0.2, 0) is 9.47 Å². The molecular weight excluding hydrogens is 420 g/mol. The van der Waals surface area contributed by atoms with Gasteiger partial charge in [0.05, 0.1) is 35.3 Å². The van der Waals surface area contributed by atoms with Crippen LogP contribution in [0.15, 0.2) is 23.1 Å². The second kappa shape index (κ2) is 9.65. The molecule has 1 amide bonds. The SMILES string of the molecule is C.CCOCC1CCN(C(=O)c2cc3c(cc2C)[nH]c(=O)c2cnn([C@H]4CCOC4)c23)CC1. The standard InChI is InChI=1S/C24H30N4O4.CH4/c1-3-31-13-16-4-7-27(8-5-16)24(30)18-11-19-21(10-15(18)2)26-23(29)20-12-25-28(22(19)20)17-6-9-32-14-17;/h10-12,16-17H,3-9,13-14H2,1-2H3,(H,26,29);1H4/t17-;/m0./s1. The van der Waals surface area contributed by atoms with Gasteiger partial charge in [0.2, 0.25) is 0 Å². The molecule has 0 unspecified atom stereocenters. The Morgan fingerprint density at radius 2 is 2.03 bits per heavy atom. The number of aromatic amines is 1. The lowest BCUT2D eigenvalue weighted by atomic mass is 9.96. The van der Waals surface area contributed by atoms with E-state index in [-0.39, 0.29) is 24.9 Å². The second-order valence-electron chi connectivity index (χ2n) is 8.93. The van der Waals surface area contributed by atoms with Gasteiger partial charge >= 0.3 is 0 Å². The number of piperidine rings is 1. The third-order valence-corrected chi connectivity index (χ3v) is 6.85. The van der Waals surface area contributed by atoms with Gasteiger partial charge in [0.25, 0.3) is 11.5 Å². The number of likely N-dealkylation sites (tertiary alicyclic amines) is 1. The number of carbonyl (C=O) groups excluding carboxylic acids is 1. The van der Waals surface area contributed by atoms with Gasteiger partial charge < -0.3 is 19.4 Å². The van der Waals surface area contributed by atoms with Crippen LogP contribution in [0.4, 0.5) is 0 Å². The maximum absolute atomic E-state index is 13.4. The molecule has 2 aliphatic rings. The van der Waals surface area contributed by atoms with E-state index in [1.54, 1.807) is 6.20 Å². The Bertz CT molecular complexity index is 1200. The smallest absolute Gasteiger partial charge is 0.259 e. The number of hydrogen-bond acceptors (Lipinski definition) is 5. The van der Waals surface area contributed by atoms with Crippen molar-refractivity contribution in [1.82, 2.24) is 19.7 Å². The van der Waals surface area contributed by atoms with Crippen LogP contribution < -0.4 is 5.56 Å². The van der Waals surface area contributed by atoms with Crippen molar-refractivity contribution < 1.29 is 14.3 Å². The topological polar surface area (TPSA) is 89.5 Å². The molecule has 5 rings (SSSR count). The third-order valence-electron chi connectivity index (χ3n) is 6.85. The van der Waals surface area contributed by atoms with Gasteiger partial charge in [-0.3, -0.25) is 14.3 Å². The summed E-state index contributed by atoms with van der Waals surface area (Å²) in [6.45, 7) is 8.20. The molecule has 1 aromatic carbocycles. The highest BCUT2D eigenvalue weighted by Gasteiger charge is 2.26. The molecular formula is C25H34N4O4. The van der Waals surface area contributed by atoms with Gasteiger partial charge in [0.1, 0.15) is 0 Å². The molecule has 0 spiro atoms. The molecule has 8 nitrogen and oxygen atoms in total. The maximum Gasteiger partial charge on any atom is 0.259 e. The molecule has 33 heavy (non-hydrogen) atoms. The van der Waals surface area contributed by atoms with Gasteiger partial charge in [0, 0.05) is 43.9 Å². The molecule has 0 aliphatic carbocycles. The Kier molecular flexibility index (Phi) is 6.86. The number of carbonyl (C=O) groups is 1. The van der Waals surface area contributed by atoms with Crippen LogP contribution >= 0.6 is 0 Å². The van der Waals surface area contributed by atoms with E-state index in [1.165, 1.54) is 0 Å². The fourth-order valence-corrected chi connectivity index (χ4v) is 4.97. The van der Waals surface area contributed by atoms with Crippen molar-refractivity contribution >= 4 is 27.7 Å². The molecule has 0 bridgehead atoms. The highest BCUT2D eigenvalue weighted by atomic mass is 16.5. The van der Waals surface area contributed by atoms with Crippen LogP contribution in [-0.4, -0.2) is 65.1 Å². The first kappa shape index (κ1) is 23.4. The lowest BCUT2D eigenvalue weighted by Crippen LogP contribution is -2.39. The predicted octanol–water partition coefficient (Wildman–Crippen LogP) is 3.67. The predicted molar refractivity (Wildman–Crippen MR) is 129 cm³/mol. The first-order valence-corrected chi connectivity index (χ1v) is 11.6. The highest BCUT2D eigenvalue weighted by molar-refractivity contribution is 6.07. The largest absolute Gasteiger partial charge is 0.381 e. The summed E-state index contributed by atoms with van der Waals surface area (Å²) in [5, 5.41) is 5.91. The zero-order chi connectivity index (χ0) is 22.2. The van der Waals surface area contributed by atoms with Crippen molar-refractivity contribution in [2.75, 3.05) is 39.5 Å². The van der Waals surface area contributed by atoms with E-state index in [0.29, 0.717) is 30.1 Å². The minimum absolute atomic E-state index is 0. The fraction of sp³-hybridized carbons (Fsp3) is 0.560. The number of rotatable bonds is 5. The Labute approximate surface area is 193 Å². The average Bonchev–Trinajstić information content (AvgIpc) is 3.47. The van der Waals surface area contributed by atoms with Crippen LogP contribution in [0.2, 0.25) is 0 Å². The Morgan fingerprint density at radius 1 is 1.24 bits per heavy atom. The summed E-state index contributed by atoms with van der Waals surface area (Å²) in [5.41, 5.74) is 2.90. The van der Waals surface area contributed by atoms with Crippen LogP contribution in [0.5, 0.6) is 0 Å². The summed E-state index contributed by atoms with van der Waals surface area (Å²) in [5.74, 6) is 0.568. The molecule has 1 atom stereocenters. The minimum Gasteiger partial charge on any atom is -0.381 e. The number of fused-ring (bicyclic) bond motifs is 3. The summed E-state index contributed by atoms with van der Waals surface area (Å²) >= 11 is 0. The van der Waals surface area contributed by atoms with Crippen molar-refractivity contribution in [3.05, 3.63) is 39.8 Å². The van der Waals surface area contributed by atoms with Gasteiger partial charge in [-0.1, -0.05) is 7.43 Å². The van der Waals surface area contributed by atoms with E-state index >= 15 is 0 Å². The molecule has 0 radical (unpaired) electrons. The Hall–Kier alpha value is -2.71. The molecule has 1 N–H and O–H groups in total. The third kappa shape index (κ3) is 4.29. The average molecular weight is 455 g/mol. The molecule has 2 fully saturated rings. The number of nitrogens with zero attached hydrogens (tertiary/aromatic N) is 3. The number of hydrogen-bond donors (Lipinski definition) is 1. The van der Waals surface area contributed by atoms with Gasteiger partial charge in [-0.2, -0.15) is 5.10 Å². The number of H-pyrrole nitrogens is 1. The number of nitrogens with one attached hydrogen (secondary N) is 1. The van der Waals surface area contributed by atoms with E-state index in [1.807, 2.05) is 35.6 Å². The lowest BCUT2D eigenvalue weighted by Gasteiger charge is -2.32. The van der Waals surface area contributed by atoms with Gasteiger partial charge in [-0.25, -0.2) is 0 Å². The summed E-state index contributed by atoms with van der Waals surface area (Å²) in [6, 6.07) is 3.95. The molecule has 2 aliphatic heterocycles. The normalized spacial score (nSPS) is 19.3. The quantitative estimate of drug-likeness (QED) is 0.635. The van der Waals surface area contributed by atoms with Crippen molar-refractivity contribution in [1.29, 1.82) is 0 Å². The molecule has 2 saturated heterocycles. The molecule has 0 saturated carbocycles.